The van der Waals surface area contributed by atoms with Crippen molar-refractivity contribution in [1.82, 2.24) is 15.1 Å². The van der Waals surface area contributed by atoms with Crippen LogP contribution in [-0.4, -0.2) is 32.7 Å². The Labute approximate surface area is 139 Å². The molecule has 2 saturated carbocycles. The van der Waals surface area contributed by atoms with Gasteiger partial charge < -0.3 is 14.9 Å². The average molecular weight is 328 g/mol. The van der Waals surface area contributed by atoms with E-state index in [1.165, 1.54) is 19.3 Å². The van der Waals surface area contributed by atoms with Crippen molar-refractivity contribution in [3.63, 3.8) is 0 Å². The molecule has 7 nitrogen and oxygen atoms in total. The predicted octanol–water partition coefficient (Wildman–Crippen LogP) is 2.89. The molecule has 126 valence electrons. The summed E-state index contributed by atoms with van der Waals surface area (Å²) >= 11 is 0. The second-order valence-corrected chi connectivity index (χ2v) is 7.23. The van der Waals surface area contributed by atoms with Crippen molar-refractivity contribution in [2.75, 3.05) is 11.9 Å². The minimum Gasteiger partial charge on any atom is -0.481 e. The Morgan fingerprint density at radius 1 is 1.38 bits per heavy atom. The Morgan fingerprint density at radius 2 is 2.17 bits per heavy atom. The SMILES string of the molecule is Cc1noc(-c2ccc(NCC3(C(=O)O)CC4(CCC4)C3)nc2)n1. The summed E-state index contributed by atoms with van der Waals surface area (Å²) in [6.07, 6.45) is 6.80. The van der Waals surface area contributed by atoms with Gasteiger partial charge >= 0.3 is 5.97 Å². The normalized spacial score (nSPS) is 20.2. The van der Waals surface area contributed by atoms with Crippen LogP contribution in [0.1, 0.15) is 37.9 Å². The Balaban J connectivity index is 1.41. The number of pyridine rings is 1. The number of aliphatic carboxylic acids is 1. The highest BCUT2D eigenvalue weighted by Crippen LogP contribution is 2.64. The standard InChI is InChI=1S/C17H20N4O3/c1-11-20-14(24-21-11)12-3-4-13(18-7-12)19-10-17(15(22)23)8-16(9-17)5-2-6-16/h3-4,7H,2,5-6,8-10H2,1H3,(H,18,19)(H,22,23). The first-order chi connectivity index (χ1) is 11.5. The number of rotatable bonds is 5. The van der Waals surface area contributed by atoms with Gasteiger partial charge in [0.05, 0.1) is 11.0 Å². The highest BCUT2D eigenvalue weighted by Gasteiger charge is 2.60. The molecule has 0 aliphatic heterocycles. The molecule has 0 unspecified atom stereocenters. The fraction of sp³-hybridized carbons (Fsp3) is 0.529. The molecular weight excluding hydrogens is 308 g/mol. The molecule has 0 aromatic carbocycles. The van der Waals surface area contributed by atoms with Crippen LogP contribution in [0.25, 0.3) is 11.5 Å². The maximum Gasteiger partial charge on any atom is 0.311 e. The van der Waals surface area contributed by atoms with E-state index in [0.717, 1.165) is 18.4 Å². The summed E-state index contributed by atoms with van der Waals surface area (Å²) in [7, 11) is 0. The zero-order chi connectivity index (χ0) is 16.8. The van der Waals surface area contributed by atoms with Gasteiger partial charge in [0.2, 0.25) is 0 Å². The molecule has 2 aliphatic carbocycles. The van der Waals surface area contributed by atoms with Gasteiger partial charge in [-0.3, -0.25) is 4.79 Å². The average Bonchev–Trinajstić information content (AvgIpc) is 2.91. The molecule has 2 aromatic heterocycles. The zero-order valence-electron chi connectivity index (χ0n) is 13.6. The second-order valence-electron chi connectivity index (χ2n) is 7.23. The van der Waals surface area contributed by atoms with Crippen LogP contribution in [0.5, 0.6) is 0 Å². The molecule has 2 aromatic rings. The van der Waals surface area contributed by atoms with E-state index in [2.05, 4.69) is 20.4 Å². The quantitative estimate of drug-likeness (QED) is 0.870. The smallest absolute Gasteiger partial charge is 0.311 e. The maximum absolute atomic E-state index is 11.7. The van der Waals surface area contributed by atoms with Gasteiger partial charge in [-0.2, -0.15) is 4.98 Å². The molecule has 0 bridgehead atoms. The van der Waals surface area contributed by atoms with Crippen LogP contribution in [0, 0.1) is 17.8 Å². The fourth-order valence-electron chi connectivity index (χ4n) is 4.07. The Morgan fingerprint density at radius 3 is 2.67 bits per heavy atom. The largest absolute Gasteiger partial charge is 0.481 e. The summed E-state index contributed by atoms with van der Waals surface area (Å²) < 4.78 is 5.10. The van der Waals surface area contributed by atoms with Crippen molar-refractivity contribution < 1.29 is 14.4 Å². The molecule has 24 heavy (non-hydrogen) atoms. The van der Waals surface area contributed by atoms with Crippen LogP contribution >= 0.6 is 0 Å². The van der Waals surface area contributed by atoms with Gasteiger partial charge in [-0.15, -0.1) is 0 Å². The number of anilines is 1. The highest BCUT2D eigenvalue weighted by atomic mass is 16.5. The van der Waals surface area contributed by atoms with Crippen molar-refractivity contribution in [3.8, 4) is 11.5 Å². The van der Waals surface area contributed by atoms with E-state index in [1.54, 1.807) is 13.1 Å². The third-order valence-electron chi connectivity index (χ3n) is 5.44. The summed E-state index contributed by atoms with van der Waals surface area (Å²) in [5.41, 5.74) is 0.406. The summed E-state index contributed by atoms with van der Waals surface area (Å²) in [4.78, 5) is 20.2. The highest BCUT2D eigenvalue weighted by molar-refractivity contribution is 5.77. The number of carboxylic acids is 1. The Kier molecular flexibility index (Phi) is 3.33. The summed E-state index contributed by atoms with van der Waals surface area (Å²) in [5.74, 6) is 0.959. The van der Waals surface area contributed by atoms with Crippen molar-refractivity contribution in [2.24, 2.45) is 10.8 Å². The number of nitrogens with zero attached hydrogens (tertiary/aromatic N) is 3. The van der Waals surface area contributed by atoms with Crippen LogP contribution in [0.15, 0.2) is 22.9 Å². The molecule has 4 rings (SSSR count). The summed E-state index contributed by atoms with van der Waals surface area (Å²) in [5, 5.41) is 16.6. The lowest BCUT2D eigenvalue weighted by Crippen LogP contribution is -2.57. The van der Waals surface area contributed by atoms with E-state index >= 15 is 0 Å². The molecule has 7 heteroatoms. The number of nitrogens with one attached hydrogen (secondary N) is 1. The van der Waals surface area contributed by atoms with Crippen LogP contribution in [-0.2, 0) is 4.79 Å². The van der Waals surface area contributed by atoms with E-state index in [4.69, 9.17) is 4.52 Å². The molecule has 0 amide bonds. The van der Waals surface area contributed by atoms with Crippen LogP contribution in [0.2, 0.25) is 0 Å². The van der Waals surface area contributed by atoms with E-state index in [1.807, 2.05) is 12.1 Å². The Bertz CT molecular complexity index is 756. The Hall–Kier alpha value is -2.44. The molecule has 0 saturated heterocycles. The number of carboxylic acid groups (broad SMARTS) is 1. The van der Waals surface area contributed by atoms with E-state index < -0.39 is 11.4 Å². The molecule has 2 fully saturated rings. The lowest BCUT2D eigenvalue weighted by atomic mass is 9.45. The fourth-order valence-corrected chi connectivity index (χ4v) is 4.07. The van der Waals surface area contributed by atoms with Gasteiger partial charge in [-0.1, -0.05) is 11.6 Å². The predicted molar refractivity (Wildman–Crippen MR) is 86.3 cm³/mol. The maximum atomic E-state index is 11.7. The molecular formula is C17H20N4O3. The topological polar surface area (TPSA) is 101 Å². The molecule has 0 radical (unpaired) electrons. The molecule has 2 heterocycles. The van der Waals surface area contributed by atoms with Gasteiger partial charge in [0, 0.05) is 12.7 Å². The van der Waals surface area contributed by atoms with Crippen molar-refractivity contribution in [1.29, 1.82) is 0 Å². The van der Waals surface area contributed by atoms with Crippen molar-refractivity contribution >= 4 is 11.8 Å². The van der Waals surface area contributed by atoms with Gasteiger partial charge in [-0.25, -0.2) is 4.98 Å². The first kappa shape index (κ1) is 15.1. The number of carbonyl (C=O) groups is 1. The summed E-state index contributed by atoms with van der Waals surface area (Å²) in [6, 6.07) is 3.64. The van der Waals surface area contributed by atoms with Crippen molar-refractivity contribution in [2.45, 2.75) is 39.0 Å². The van der Waals surface area contributed by atoms with E-state index in [0.29, 0.717) is 29.5 Å². The van der Waals surface area contributed by atoms with Crippen LogP contribution < -0.4 is 5.32 Å². The van der Waals surface area contributed by atoms with Gasteiger partial charge in [0.15, 0.2) is 5.82 Å². The number of hydrogen-bond acceptors (Lipinski definition) is 6. The zero-order valence-corrected chi connectivity index (χ0v) is 13.6. The molecule has 2 N–H and O–H groups in total. The van der Waals surface area contributed by atoms with Crippen molar-refractivity contribution in [3.05, 3.63) is 24.2 Å². The first-order valence-electron chi connectivity index (χ1n) is 8.24. The third-order valence-corrected chi connectivity index (χ3v) is 5.44. The van der Waals surface area contributed by atoms with E-state index in [-0.39, 0.29) is 0 Å². The number of aryl methyl sites for hydroxylation is 1. The number of aromatic nitrogens is 3. The molecule has 2 aliphatic rings. The number of hydrogen-bond donors (Lipinski definition) is 2. The lowest BCUT2D eigenvalue weighted by molar-refractivity contribution is -0.171. The van der Waals surface area contributed by atoms with Gasteiger partial charge in [0.25, 0.3) is 5.89 Å². The first-order valence-corrected chi connectivity index (χ1v) is 8.24. The lowest BCUT2D eigenvalue weighted by Gasteiger charge is -2.59. The van der Waals surface area contributed by atoms with Gasteiger partial charge in [0.1, 0.15) is 5.82 Å². The van der Waals surface area contributed by atoms with E-state index in [9.17, 15) is 9.90 Å². The minimum atomic E-state index is -0.703. The van der Waals surface area contributed by atoms with Gasteiger partial charge in [-0.05, 0) is 50.2 Å². The third kappa shape index (κ3) is 2.44. The molecule has 0 atom stereocenters. The minimum absolute atomic E-state index is 0.313. The monoisotopic (exact) mass is 328 g/mol. The molecule has 1 spiro atoms. The summed E-state index contributed by atoms with van der Waals surface area (Å²) in [6.45, 7) is 2.17. The second kappa shape index (κ2) is 5.29. The van der Waals surface area contributed by atoms with Crippen LogP contribution in [0.4, 0.5) is 5.82 Å². The van der Waals surface area contributed by atoms with Crippen LogP contribution in [0.3, 0.4) is 0 Å².